The average Bonchev–Trinajstić information content (AvgIpc) is 3.03. The van der Waals surface area contributed by atoms with Crippen molar-refractivity contribution in [1.29, 1.82) is 0 Å². The Balaban J connectivity index is 3.39. The van der Waals surface area contributed by atoms with Gasteiger partial charge >= 0.3 is 6.09 Å². The van der Waals surface area contributed by atoms with Gasteiger partial charge in [-0.2, -0.15) is 4.89 Å². The van der Waals surface area contributed by atoms with Crippen LogP contribution in [0.5, 0.6) is 0 Å². The molecule has 25 heteroatoms. The molecule has 1 unspecified atom stereocenters. The standard InChI is InChI=1S/C20H38N4O8S13/c25-7-37-13-39-9-30-19(27)23-4-35-12-34-3-22-6-45(29)18-43-16-41-15-42-17-44-20(28)24-5-36-11-33-2-21-1-31-32-10-40-14-38-8-26/h1,6,25-26H,2-5,7-18H2,(H,23,27)(H,24,28)/b21-1+,22-6-. The molecule has 0 fully saturated rings. The SMILES string of the molecule is O=C(NCSCSC/N=C\S(=O)CSCSCSCSC(=O)NCSCSC/N=C/OOCSCSCO)OCSCSCO. The van der Waals surface area contributed by atoms with Crippen molar-refractivity contribution in [2.24, 2.45) is 9.98 Å². The fraction of sp³-hybridized carbons (Fsp3) is 0.800. The maximum atomic E-state index is 12.0. The first-order chi connectivity index (χ1) is 22.1. The first-order valence-electron chi connectivity index (χ1n) is 12.1. The molecule has 0 radical (unpaired) electrons. The summed E-state index contributed by atoms with van der Waals surface area (Å²) < 4.78 is 17.0. The molecule has 0 aliphatic rings. The monoisotopic (exact) mass is 878 g/mol. The number of hydrogen-bond acceptors (Lipinski definition) is 22. The Labute approximate surface area is 319 Å². The number of alkyl carbamates (subject to hydrolysis) is 1. The average molecular weight is 879 g/mol. The molecule has 0 rings (SSSR count). The Kier molecular flexibility index (Phi) is 42.4. The molecule has 0 saturated carbocycles. The van der Waals surface area contributed by atoms with Crippen molar-refractivity contribution in [2.45, 2.75) is 0 Å². The van der Waals surface area contributed by atoms with Crippen molar-refractivity contribution in [2.75, 3.05) is 87.9 Å². The number of carbonyl (C=O) groups is 2. The van der Waals surface area contributed by atoms with Crippen molar-refractivity contribution < 1.29 is 38.5 Å². The number of aliphatic hydroxyl groups is 2. The number of nitrogens with zero attached hydrogens (tertiary/aromatic N) is 2. The van der Waals surface area contributed by atoms with Crippen LogP contribution in [0.4, 0.5) is 9.59 Å². The van der Waals surface area contributed by atoms with Gasteiger partial charge in [0.2, 0.25) is 6.40 Å². The summed E-state index contributed by atoms with van der Waals surface area (Å²) in [5, 5.41) is 28.5. The molecule has 2 amide bonds. The fourth-order valence-electron chi connectivity index (χ4n) is 1.75. The second-order valence-corrected chi connectivity index (χ2v) is 22.4. The van der Waals surface area contributed by atoms with Gasteiger partial charge in [-0.1, -0.05) is 11.8 Å². The van der Waals surface area contributed by atoms with Gasteiger partial charge < -0.3 is 30.5 Å². The Bertz CT molecular complexity index is 784. The van der Waals surface area contributed by atoms with Crippen LogP contribution >= 0.6 is 141 Å². The van der Waals surface area contributed by atoms with E-state index in [4.69, 9.17) is 24.7 Å². The minimum absolute atomic E-state index is 0.0400. The van der Waals surface area contributed by atoms with Crippen LogP contribution in [0.1, 0.15) is 0 Å². The van der Waals surface area contributed by atoms with E-state index in [0.717, 1.165) is 25.4 Å². The summed E-state index contributed by atoms with van der Waals surface area (Å²) in [6.45, 7) is 0. The van der Waals surface area contributed by atoms with Gasteiger partial charge in [-0.3, -0.25) is 14.0 Å². The van der Waals surface area contributed by atoms with Gasteiger partial charge in [0.1, 0.15) is 11.9 Å². The molecule has 0 aromatic heterocycles. The summed E-state index contributed by atoms with van der Waals surface area (Å²) >= 11 is 18.2. The predicted molar refractivity (Wildman–Crippen MR) is 219 cm³/mol. The van der Waals surface area contributed by atoms with Crippen molar-refractivity contribution in [3.8, 4) is 0 Å². The van der Waals surface area contributed by atoms with E-state index >= 15 is 0 Å². The van der Waals surface area contributed by atoms with E-state index in [9.17, 15) is 13.8 Å². The molecule has 0 aliphatic carbocycles. The molecule has 264 valence electrons. The summed E-state index contributed by atoms with van der Waals surface area (Å²) in [5.74, 6) is 2.80. The van der Waals surface area contributed by atoms with E-state index in [-0.39, 0.29) is 23.1 Å². The normalized spacial score (nSPS) is 12.1. The minimum atomic E-state index is -1.11. The lowest BCUT2D eigenvalue weighted by Gasteiger charge is -2.06. The number of thioether (sulfide) groups is 12. The zero-order chi connectivity index (χ0) is 32.9. The van der Waals surface area contributed by atoms with Gasteiger partial charge in [0, 0.05) is 35.6 Å². The highest BCUT2D eigenvalue weighted by Gasteiger charge is 2.03. The van der Waals surface area contributed by atoms with Crippen LogP contribution in [0, 0.1) is 0 Å². The van der Waals surface area contributed by atoms with Gasteiger partial charge in [0.25, 0.3) is 5.24 Å². The molecule has 4 N–H and O–H groups in total. The number of aliphatic imine (C=N–C) groups is 2. The number of amides is 2. The summed E-state index contributed by atoms with van der Waals surface area (Å²) in [4.78, 5) is 41.3. The highest BCUT2D eigenvalue weighted by molar-refractivity contribution is 8.30. The smallest absolute Gasteiger partial charge is 0.408 e. The highest BCUT2D eigenvalue weighted by atomic mass is 32.3. The topological polar surface area (TPSA) is 168 Å². The summed E-state index contributed by atoms with van der Waals surface area (Å²) in [5.41, 5.74) is 1.49. The van der Waals surface area contributed by atoms with E-state index in [1.165, 1.54) is 82.5 Å². The molecule has 0 heterocycles. The van der Waals surface area contributed by atoms with Crippen LogP contribution in [-0.4, -0.2) is 126 Å². The Morgan fingerprint density at radius 1 is 0.689 bits per heavy atom. The molecule has 1 atom stereocenters. The van der Waals surface area contributed by atoms with Crippen molar-refractivity contribution >= 4 is 175 Å². The van der Waals surface area contributed by atoms with Crippen LogP contribution in [0.25, 0.3) is 0 Å². The number of hydrogen-bond donors (Lipinski definition) is 4. The lowest BCUT2D eigenvalue weighted by molar-refractivity contribution is -0.196. The zero-order valence-electron chi connectivity index (χ0n) is 24.0. The summed E-state index contributed by atoms with van der Waals surface area (Å²) in [7, 11) is -1.11. The number of rotatable bonds is 33. The number of nitrogens with one attached hydrogen (secondary N) is 2. The quantitative estimate of drug-likeness (QED) is 0.0145. The molecular formula is C20H38N4O8S13. The third kappa shape index (κ3) is 40.4. The molecule has 0 bridgehead atoms. The highest BCUT2D eigenvalue weighted by Crippen LogP contribution is 2.22. The third-order valence-corrected chi connectivity index (χ3v) is 17.2. The van der Waals surface area contributed by atoms with Crippen LogP contribution in [0.3, 0.4) is 0 Å². The maximum absolute atomic E-state index is 12.0. The fourth-order valence-corrected chi connectivity index (χ4v) is 13.0. The number of carbonyl (C=O) groups excluding carboxylic acids is 2. The van der Waals surface area contributed by atoms with Gasteiger partial charge in [0.05, 0.1) is 56.8 Å². The van der Waals surface area contributed by atoms with E-state index < -0.39 is 16.9 Å². The molecule has 0 saturated heterocycles. The van der Waals surface area contributed by atoms with Crippen LogP contribution in [-0.2, 0) is 25.3 Å². The van der Waals surface area contributed by atoms with Gasteiger partial charge in [-0.25, -0.2) is 9.79 Å². The second kappa shape index (κ2) is 40.5. The molecule has 0 aromatic carbocycles. The van der Waals surface area contributed by atoms with Crippen LogP contribution in [0.2, 0.25) is 0 Å². The summed E-state index contributed by atoms with van der Waals surface area (Å²) in [6, 6.07) is 0. The zero-order valence-corrected chi connectivity index (χ0v) is 34.6. The molecule has 0 spiro atoms. The molecule has 0 aliphatic heterocycles. The third-order valence-electron chi connectivity index (χ3n) is 3.41. The molecule has 0 aromatic rings. The van der Waals surface area contributed by atoms with Gasteiger partial charge in [-0.15, -0.1) is 129 Å². The van der Waals surface area contributed by atoms with E-state index in [0.29, 0.717) is 44.7 Å². The van der Waals surface area contributed by atoms with Crippen LogP contribution in [0.15, 0.2) is 9.98 Å². The van der Waals surface area contributed by atoms with Crippen molar-refractivity contribution in [3.05, 3.63) is 0 Å². The van der Waals surface area contributed by atoms with Gasteiger partial charge in [-0.05, 0) is 0 Å². The maximum Gasteiger partial charge on any atom is 0.408 e. The lowest BCUT2D eigenvalue weighted by Crippen LogP contribution is -2.23. The minimum Gasteiger partial charge on any atom is -0.438 e. The van der Waals surface area contributed by atoms with E-state index in [1.807, 2.05) is 0 Å². The molecule has 12 nitrogen and oxygen atoms in total. The van der Waals surface area contributed by atoms with E-state index in [2.05, 4.69) is 20.6 Å². The molecule has 45 heavy (non-hydrogen) atoms. The van der Waals surface area contributed by atoms with Gasteiger partial charge in [0.15, 0.2) is 0 Å². The largest absolute Gasteiger partial charge is 0.438 e. The Morgan fingerprint density at radius 3 is 2.02 bits per heavy atom. The van der Waals surface area contributed by atoms with Crippen molar-refractivity contribution in [3.63, 3.8) is 0 Å². The van der Waals surface area contributed by atoms with E-state index in [1.54, 1.807) is 70.6 Å². The predicted octanol–water partition coefficient (Wildman–Crippen LogP) is 6.28. The number of ether oxygens (including phenoxy) is 1. The Hall–Kier alpha value is 2.11. The number of aliphatic hydroxyl groups excluding tert-OH is 2. The lowest BCUT2D eigenvalue weighted by atomic mass is 11.1. The first kappa shape index (κ1) is 47.1. The van der Waals surface area contributed by atoms with Crippen molar-refractivity contribution in [1.82, 2.24) is 10.6 Å². The Morgan fingerprint density at radius 2 is 1.29 bits per heavy atom. The van der Waals surface area contributed by atoms with Crippen LogP contribution < -0.4 is 10.6 Å². The molecular weight excluding hydrogens is 841 g/mol. The second-order valence-electron chi connectivity index (χ2n) is 6.62. The first-order valence-corrected chi connectivity index (χ1v) is 27.2. The summed E-state index contributed by atoms with van der Waals surface area (Å²) in [6.07, 6.45) is 0.800.